The van der Waals surface area contributed by atoms with Crippen molar-refractivity contribution in [2.75, 3.05) is 11.9 Å². The lowest BCUT2D eigenvalue weighted by Crippen LogP contribution is -2.14. The minimum Gasteiger partial charge on any atom is -0.322 e. The van der Waals surface area contributed by atoms with Crippen LogP contribution in [-0.2, 0) is 6.54 Å². The fraction of sp³-hybridized carbons (Fsp3) is 0.188. The zero-order valence-corrected chi connectivity index (χ0v) is 22.4. The van der Waals surface area contributed by atoms with Crippen LogP contribution in [0, 0.1) is 13.8 Å². The Morgan fingerprint density at radius 2 is 1.64 bits per heavy atom. The molecule has 2 heterocycles. The van der Waals surface area contributed by atoms with Crippen LogP contribution in [0.25, 0.3) is 27.9 Å². The van der Waals surface area contributed by atoms with Gasteiger partial charge in [0.15, 0.2) is 11.5 Å². The fourth-order valence-corrected chi connectivity index (χ4v) is 4.76. The Labute approximate surface area is 227 Å². The van der Waals surface area contributed by atoms with E-state index in [4.69, 9.17) is 4.98 Å². The van der Waals surface area contributed by atoms with Crippen LogP contribution in [0.4, 0.5) is 5.69 Å². The Kier molecular flexibility index (Phi) is 7.61. The summed E-state index contributed by atoms with van der Waals surface area (Å²) in [6.07, 6.45) is 3.79. The molecule has 196 valence electrons. The number of nitrogens with zero attached hydrogens (tertiary/aromatic N) is 3. The molecular weight excluding hydrogens is 486 g/mol. The van der Waals surface area contributed by atoms with Gasteiger partial charge in [0.1, 0.15) is 6.29 Å². The summed E-state index contributed by atoms with van der Waals surface area (Å²) in [6, 6.07) is 23.0. The van der Waals surface area contributed by atoms with Gasteiger partial charge in [-0.2, -0.15) is 0 Å². The Hall–Kier alpha value is -4.62. The summed E-state index contributed by atoms with van der Waals surface area (Å²) in [5, 5.41) is 11.0. The first-order valence-electron chi connectivity index (χ1n) is 13.1. The third-order valence-corrected chi connectivity index (χ3v) is 6.92. The van der Waals surface area contributed by atoms with Crippen molar-refractivity contribution in [2.45, 2.75) is 33.7 Å². The van der Waals surface area contributed by atoms with Crippen LogP contribution in [0.1, 0.15) is 51.0 Å². The molecule has 39 heavy (non-hydrogen) atoms. The second kappa shape index (κ2) is 11.4. The molecule has 3 aromatic carbocycles. The number of rotatable bonds is 9. The van der Waals surface area contributed by atoms with Crippen LogP contribution in [0.15, 0.2) is 79.0 Å². The molecule has 0 radical (unpaired) electrons. The third kappa shape index (κ3) is 5.49. The largest absolute Gasteiger partial charge is 0.322 e. The lowest BCUT2D eigenvalue weighted by atomic mass is 9.90. The number of anilines is 1. The van der Waals surface area contributed by atoms with E-state index in [1.165, 1.54) is 0 Å². The summed E-state index contributed by atoms with van der Waals surface area (Å²) in [4.78, 5) is 28.5. The number of fused-ring (bicyclic) bond motifs is 1. The van der Waals surface area contributed by atoms with E-state index in [-0.39, 0.29) is 5.91 Å². The normalized spacial score (nSPS) is 11.1. The predicted octanol–water partition coefficient (Wildman–Crippen LogP) is 6.24. The highest BCUT2D eigenvalue weighted by molar-refractivity contribution is 6.05. The van der Waals surface area contributed by atoms with Crippen molar-refractivity contribution in [2.24, 2.45) is 0 Å². The standard InChI is InChI=1S/C32H31N5O2/c1-4-16-33-19-30-35-31-18-25(15-17-37(31)36-30)26-7-5-8-27(21(26)2)28-9-6-10-29(22(28)3)34-32(39)24-13-11-23(20-38)12-14-24/h5-15,17-18,20,33H,4,16,19H2,1-3H3,(H,34,39). The number of hydrogen-bond donors (Lipinski definition) is 2. The van der Waals surface area contributed by atoms with E-state index in [1.807, 2.05) is 29.8 Å². The molecule has 0 spiro atoms. The molecule has 2 N–H and O–H groups in total. The monoisotopic (exact) mass is 517 g/mol. The molecule has 0 aliphatic carbocycles. The number of aromatic nitrogens is 3. The maximum Gasteiger partial charge on any atom is 0.255 e. The number of aldehydes is 1. The molecule has 0 bridgehead atoms. The van der Waals surface area contributed by atoms with Gasteiger partial charge in [0.25, 0.3) is 5.91 Å². The van der Waals surface area contributed by atoms with E-state index >= 15 is 0 Å². The molecule has 0 saturated carbocycles. The van der Waals surface area contributed by atoms with Crippen molar-refractivity contribution < 1.29 is 9.59 Å². The van der Waals surface area contributed by atoms with Gasteiger partial charge in [0.2, 0.25) is 0 Å². The number of pyridine rings is 1. The van der Waals surface area contributed by atoms with E-state index in [0.29, 0.717) is 17.7 Å². The molecule has 7 nitrogen and oxygen atoms in total. The first-order chi connectivity index (χ1) is 19.0. The molecule has 0 atom stereocenters. The Morgan fingerprint density at radius 3 is 2.38 bits per heavy atom. The SMILES string of the molecule is CCCNCc1nc2cc(-c3cccc(-c4cccc(NC(=O)c5ccc(C=O)cc5)c4C)c3C)ccn2n1. The van der Waals surface area contributed by atoms with Gasteiger partial charge >= 0.3 is 0 Å². The molecule has 0 aliphatic heterocycles. The number of carbonyl (C=O) groups is 2. The van der Waals surface area contributed by atoms with Crippen LogP contribution in [0.5, 0.6) is 0 Å². The zero-order valence-electron chi connectivity index (χ0n) is 22.4. The highest BCUT2D eigenvalue weighted by atomic mass is 16.1. The molecule has 5 aromatic rings. The van der Waals surface area contributed by atoms with Gasteiger partial charge in [-0.25, -0.2) is 9.50 Å². The van der Waals surface area contributed by atoms with Crippen molar-refractivity contribution >= 4 is 23.5 Å². The predicted molar refractivity (Wildman–Crippen MR) is 155 cm³/mol. The van der Waals surface area contributed by atoms with Gasteiger partial charge in [-0.05, 0) is 90.5 Å². The van der Waals surface area contributed by atoms with Crippen molar-refractivity contribution in [3.63, 3.8) is 0 Å². The average molecular weight is 518 g/mol. The van der Waals surface area contributed by atoms with E-state index in [9.17, 15) is 9.59 Å². The second-order valence-electron chi connectivity index (χ2n) is 9.57. The Morgan fingerprint density at radius 1 is 0.923 bits per heavy atom. The van der Waals surface area contributed by atoms with E-state index in [0.717, 1.165) is 69.8 Å². The summed E-state index contributed by atoms with van der Waals surface area (Å²) >= 11 is 0. The fourth-order valence-electron chi connectivity index (χ4n) is 4.76. The van der Waals surface area contributed by atoms with Gasteiger partial charge in [-0.15, -0.1) is 5.10 Å². The molecule has 1 amide bonds. The highest BCUT2D eigenvalue weighted by Gasteiger charge is 2.15. The first-order valence-corrected chi connectivity index (χ1v) is 13.1. The maximum absolute atomic E-state index is 12.9. The molecule has 0 saturated heterocycles. The molecule has 0 fully saturated rings. The van der Waals surface area contributed by atoms with Crippen molar-refractivity contribution in [3.05, 3.63) is 107 Å². The highest BCUT2D eigenvalue weighted by Crippen LogP contribution is 2.35. The van der Waals surface area contributed by atoms with Crippen LogP contribution in [0.3, 0.4) is 0 Å². The number of carbonyl (C=O) groups excluding carboxylic acids is 2. The first kappa shape index (κ1) is 26.0. The number of benzene rings is 3. The summed E-state index contributed by atoms with van der Waals surface area (Å²) in [6.45, 7) is 7.86. The number of nitrogens with one attached hydrogen (secondary N) is 2. The van der Waals surface area contributed by atoms with Crippen LogP contribution in [0.2, 0.25) is 0 Å². The summed E-state index contributed by atoms with van der Waals surface area (Å²) < 4.78 is 1.81. The van der Waals surface area contributed by atoms with E-state index in [1.54, 1.807) is 24.3 Å². The molecular formula is C32H31N5O2. The minimum atomic E-state index is -0.218. The lowest BCUT2D eigenvalue weighted by molar-refractivity contribution is 0.102. The molecule has 2 aromatic heterocycles. The quantitative estimate of drug-likeness (QED) is 0.178. The number of hydrogen-bond acceptors (Lipinski definition) is 5. The van der Waals surface area contributed by atoms with Crippen molar-refractivity contribution in [3.8, 4) is 22.3 Å². The lowest BCUT2D eigenvalue weighted by Gasteiger charge is -2.17. The molecule has 0 aliphatic rings. The molecule has 7 heteroatoms. The topological polar surface area (TPSA) is 88.4 Å². The van der Waals surface area contributed by atoms with Crippen LogP contribution in [-0.4, -0.2) is 33.3 Å². The van der Waals surface area contributed by atoms with Gasteiger partial charge in [0.05, 0.1) is 6.54 Å². The van der Waals surface area contributed by atoms with E-state index < -0.39 is 0 Å². The van der Waals surface area contributed by atoms with Crippen LogP contribution < -0.4 is 10.6 Å². The maximum atomic E-state index is 12.9. The zero-order chi connectivity index (χ0) is 27.4. The average Bonchev–Trinajstić information content (AvgIpc) is 3.37. The van der Waals surface area contributed by atoms with Crippen LogP contribution >= 0.6 is 0 Å². The molecule has 0 unspecified atom stereocenters. The van der Waals surface area contributed by atoms with Gasteiger partial charge in [0, 0.05) is 23.0 Å². The Balaban J connectivity index is 1.44. The molecule has 5 rings (SSSR count). The third-order valence-electron chi connectivity index (χ3n) is 6.92. The van der Waals surface area contributed by atoms with Gasteiger partial charge < -0.3 is 10.6 Å². The summed E-state index contributed by atoms with van der Waals surface area (Å²) in [5.41, 5.74) is 9.05. The smallest absolute Gasteiger partial charge is 0.255 e. The minimum absolute atomic E-state index is 0.218. The van der Waals surface area contributed by atoms with Crippen molar-refractivity contribution in [1.29, 1.82) is 0 Å². The van der Waals surface area contributed by atoms with Gasteiger partial charge in [-0.1, -0.05) is 49.4 Å². The van der Waals surface area contributed by atoms with Gasteiger partial charge in [-0.3, -0.25) is 9.59 Å². The summed E-state index contributed by atoms with van der Waals surface area (Å²) in [7, 11) is 0. The second-order valence-corrected chi connectivity index (χ2v) is 9.57. The number of amides is 1. The van der Waals surface area contributed by atoms with E-state index in [2.05, 4.69) is 66.0 Å². The summed E-state index contributed by atoms with van der Waals surface area (Å²) in [5.74, 6) is 0.560. The van der Waals surface area contributed by atoms with Crippen molar-refractivity contribution in [1.82, 2.24) is 19.9 Å². The Bertz CT molecular complexity index is 1650.